The van der Waals surface area contributed by atoms with Gasteiger partial charge < -0.3 is 19.2 Å². The summed E-state index contributed by atoms with van der Waals surface area (Å²) in [6, 6.07) is 7.70. The van der Waals surface area contributed by atoms with Crippen LogP contribution in [-0.2, 0) is 22.4 Å². The van der Waals surface area contributed by atoms with E-state index in [9.17, 15) is 4.79 Å². The van der Waals surface area contributed by atoms with Gasteiger partial charge in [-0.3, -0.25) is 4.79 Å². The Morgan fingerprint density at radius 1 is 1.24 bits per heavy atom. The molecule has 5 rings (SSSR count). The number of hydrogen-bond acceptors (Lipinski definition) is 7. The lowest BCUT2D eigenvalue weighted by atomic mass is 10.0. The van der Waals surface area contributed by atoms with Crippen molar-refractivity contribution in [3.8, 4) is 5.75 Å². The zero-order chi connectivity index (χ0) is 23.0. The van der Waals surface area contributed by atoms with Gasteiger partial charge in [0, 0.05) is 12.7 Å². The molecule has 1 unspecified atom stereocenters. The second kappa shape index (κ2) is 8.62. The van der Waals surface area contributed by atoms with Crippen molar-refractivity contribution < 1.29 is 19.1 Å². The number of aryl methyl sites for hydroxylation is 1. The Balaban J connectivity index is 1.23. The first-order chi connectivity index (χ1) is 15.9. The van der Waals surface area contributed by atoms with Gasteiger partial charge in [-0.1, -0.05) is 10.9 Å². The minimum atomic E-state index is -0.986. The van der Waals surface area contributed by atoms with Crippen LogP contribution in [0.5, 0.6) is 5.75 Å². The number of benzene rings is 1. The fraction of sp³-hybridized carbons (Fsp3) is 0.500. The van der Waals surface area contributed by atoms with Crippen LogP contribution in [0.25, 0.3) is 11.2 Å². The van der Waals surface area contributed by atoms with Crippen molar-refractivity contribution in [2.75, 3.05) is 26.3 Å². The van der Waals surface area contributed by atoms with E-state index < -0.39 is 5.60 Å². The number of rotatable bonds is 6. The van der Waals surface area contributed by atoms with Crippen molar-refractivity contribution in [3.63, 3.8) is 0 Å². The molecule has 9 heteroatoms. The summed E-state index contributed by atoms with van der Waals surface area (Å²) in [5.41, 5.74) is 4.12. The Hall–Kier alpha value is -3.20. The van der Waals surface area contributed by atoms with Gasteiger partial charge in [-0.2, -0.15) is 0 Å². The Morgan fingerprint density at radius 3 is 2.97 bits per heavy atom. The Morgan fingerprint density at radius 2 is 2.09 bits per heavy atom. The fourth-order valence-corrected chi connectivity index (χ4v) is 4.64. The minimum absolute atomic E-state index is 0.0593. The maximum absolute atomic E-state index is 13.4. The molecule has 1 aliphatic heterocycles. The van der Waals surface area contributed by atoms with Gasteiger partial charge in [-0.05, 0) is 80.1 Å². The third-order valence-electron chi connectivity index (χ3n) is 6.35. The third kappa shape index (κ3) is 4.25. The summed E-state index contributed by atoms with van der Waals surface area (Å²) in [7, 11) is 0. The second-order valence-electron chi connectivity index (χ2n) is 9.15. The standard InChI is InChI=1S/C24H29N5O4/c1-16-9-10-21(19-7-4-6-18(16)19)33-24(2,3)23(30)28-12-13-31-17(14-28)15-32-29-22-20(26-27-29)8-5-11-25-22/h5,8-11,17H,4,6-7,12-15H2,1-3H3. The SMILES string of the molecule is Cc1ccc(OC(C)(C)C(=O)N2CCOC(COn3nnc4cccnc43)C2)c2c1CCC2. The van der Waals surface area contributed by atoms with Gasteiger partial charge in [0.25, 0.3) is 5.91 Å². The van der Waals surface area contributed by atoms with Crippen LogP contribution in [0.1, 0.15) is 37.0 Å². The van der Waals surface area contributed by atoms with Crippen LogP contribution in [0.2, 0.25) is 0 Å². The topological polar surface area (TPSA) is 91.6 Å². The molecule has 9 nitrogen and oxygen atoms in total. The van der Waals surface area contributed by atoms with Crippen LogP contribution < -0.4 is 9.57 Å². The average Bonchev–Trinajstić information content (AvgIpc) is 3.47. The first kappa shape index (κ1) is 21.6. The molecule has 2 aromatic heterocycles. The molecule has 0 radical (unpaired) electrons. The molecule has 0 spiro atoms. The predicted molar refractivity (Wildman–Crippen MR) is 121 cm³/mol. The molecule has 174 valence electrons. The highest BCUT2D eigenvalue weighted by atomic mass is 16.7. The lowest BCUT2D eigenvalue weighted by Crippen LogP contribution is -2.55. The maximum atomic E-state index is 13.4. The normalized spacial score (nSPS) is 18.4. The molecule has 0 saturated carbocycles. The van der Waals surface area contributed by atoms with Crippen LogP contribution in [0, 0.1) is 6.92 Å². The number of pyridine rings is 1. The molecule has 1 fully saturated rings. The van der Waals surface area contributed by atoms with E-state index >= 15 is 0 Å². The average molecular weight is 452 g/mol. The van der Waals surface area contributed by atoms with E-state index in [4.69, 9.17) is 14.3 Å². The Labute approximate surface area is 192 Å². The number of fused-ring (bicyclic) bond motifs is 2. The van der Waals surface area contributed by atoms with Crippen molar-refractivity contribution in [3.05, 3.63) is 47.2 Å². The first-order valence-electron chi connectivity index (χ1n) is 11.4. The van der Waals surface area contributed by atoms with Crippen molar-refractivity contribution >= 4 is 17.1 Å². The first-order valence-corrected chi connectivity index (χ1v) is 11.4. The van der Waals surface area contributed by atoms with Crippen molar-refractivity contribution in [2.24, 2.45) is 0 Å². The van der Waals surface area contributed by atoms with Crippen LogP contribution in [0.3, 0.4) is 0 Å². The summed E-state index contributed by atoms with van der Waals surface area (Å²) >= 11 is 0. The summed E-state index contributed by atoms with van der Waals surface area (Å²) in [5.74, 6) is 0.765. The van der Waals surface area contributed by atoms with E-state index in [1.54, 1.807) is 17.2 Å². The van der Waals surface area contributed by atoms with Crippen LogP contribution >= 0.6 is 0 Å². The molecule has 0 N–H and O–H groups in total. The number of ether oxygens (including phenoxy) is 2. The molecule has 1 amide bonds. The molecular formula is C24H29N5O4. The van der Waals surface area contributed by atoms with Gasteiger partial charge in [0.1, 0.15) is 24.0 Å². The molecule has 1 saturated heterocycles. The quantitative estimate of drug-likeness (QED) is 0.567. The molecule has 1 atom stereocenters. The lowest BCUT2D eigenvalue weighted by Gasteiger charge is -2.37. The molecule has 1 aromatic carbocycles. The van der Waals surface area contributed by atoms with E-state index in [-0.39, 0.29) is 18.6 Å². The maximum Gasteiger partial charge on any atom is 0.266 e. The van der Waals surface area contributed by atoms with Crippen molar-refractivity contribution in [2.45, 2.75) is 51.7 Å². The van der Waals surface area contributed by atoms with E-state index in [0.717, 1.165) is 25.0 Å². The minimum Gasteiger partial charge on any atom is -0.478 e. The number of hydrogen-bond donors (Lipinski definition) is 0. The summed E-state index contributed by atoms with van der Waals surface area (Å²) in [6.45, 7) is 7.41. The monoisotopic (exact) mass is 451 g/mol. The molecule has 0 bridgehead atoms. The van der Waals surface area contributed by atoms with Crippen molar-refractivity contribution in [1.29, 1.82) is 0 Å². The predicted octanol–water partition coefficient (Wildman–Crippen LogP) is 2.14. The Bertz CT molecular complexity index is 1170. The highest BCUT2D eigenvalue weighted by molar-refractivity contribution is 5.85. The number of carbonyl (C=O) groups excluding carboxylic acids is 1. The molecule has 3 aromatic rings. The number of morpholine rings is 1. The van der Waals surface area contributed by atoms with Gasteiger partial charge in [-0.25, -0.2) is 4.98 Å². The van der Waals surface area contributed by atoms with Gasteiger partial charge in [-0.15, -0.1) is 5.10 Å². The van der Waals surface area contributed by atoms with Gasteiger partial charge in [0.2, 0.25) is 5.65 Å². The van der Waals surface area contributed by atoms with E-state index in [1.807, 2.05) is 26.0 Å². The number of amides is 1. The van der Waals surface area contributed by atoms with Crippen molar-refractivity contribution in [1.82, 2.24) is 25.0 Å². The van der Waals surface area contributed by atoms with E-state index in [2.05, 4.69) is 28.3 Å². The highest BCUT2D eigenvalue weighted by Gasteiger charge is 2.38. The summed E-state index contributed by atoms with van der Waals surface area (Å²) in [6.07, 6.45) is 4.58. The number of carbonyl (C=O) groups is 1. The molecule has 2 aliphatic rings. The Kier molecular flexibility index (Phi) is 5.65. The third-order valence-corrected chi connectivity index (χ3v) is 6.35. The summed E-state index contributed by atoms with van der Waals surface area (Å²) in [5, 5.41) is 8.01. The smallest absolute Gasteiger partial charge is 0.266 e. The number of nitrogens with zero attached hydrogens (tertiary/aromatic N) is 5. The molecule has 1 aliphatic carbocycles. The molecular weight excluding hydrogens is 422 g/mol. The lowest BCUT2D eigenvalue weighted by molar-refractivity contribution is -0.155. The molecule has 33 heavy (non-hydrogen) atoms. The highest BCUT2D eigenvalue weighted by Crippen LogP contribution is 2.35. The molecule has 3 heterocycles. The van der Waals surface area contributed by atoms with Gasteiger partial charge >= 0.3 is 0 Å². The van der Waals surface area contributed by atoms with E-state index in [0.29, 0.717) is 30.9 Å². The van der Waals surface area contributed by atoms with Crippen LogP contribution in [-0.4, -0.2) is 69.0 Å². The largest absolute Gasteiger partial charge is 0.478 e. The summed E-state index contributed by atoms with van der Waals surface area (Å²) < 4.78 is 12.2. The second-order valence-corrected chi connectivity index (χ2v) is 9.15. The zero-order valence-corrected chi connectivity index (χ0v) is 19.3. The number of aromatic nitrogens is 4. The van der Waals surface area contributed by atoms with Crippen LogP contribution in [0.4, 0.5) is 0 Å². The van der Waals surface area contributed by atoms with Gasteiger partial charge in [0.05, 0.1) is 13.2 Å². The fourth-order valence-electron chi connectivity index (χ4n) is 4.64. The zero-order valence-electron chi connectivity index (χ0n) is 19.3. The summed E-state index contributed by atoms with van der Waals surface area (Å²) in [4.78, 5) is 26.5. The van der Waals surface area contributed by atoms with Crippen LogP contribution in [0.15, 0.2) is 30.5 Å². The van der Waals surface area contributed by atoms with Gasteiger partial charge in [0.15, 0.2) is 5.60 Å². The van der Waals surface area contributed by atoms with E-state index in [1.165, 1.54) is 21.5 Å².